The van der Waals surface area contributed by atoms with Gasteiger partial charge in [0.15, 0.2) is 5.96 Å². The number of H-pyrrole nitrogens is 2. The van der Waals surface area contributed by atoms with Crippen molar-refractivity contribution in [1.29, 1.82) is 0 Å². The second-order valence-corrected chi connectivity index (χ2v) is 19.8. The van der Waals surface area contributed by atoms with E-state index in [9.17, 15) is 58.2 Å². The summed E-state index contributed by atoms with van der Waals surface area (Å²) in [7, 11) is 0. The van der Waals surface area contributed by atoms with Crippen molar-refractivity contribution in [2.45, 2.75) is 112 Å². The monoisotopic (exact) mass is 1160 g/mol. The Hall–Kier alpha value is -8.22. The summed E-state index contributed by atoms with van der Waals surface area (Å²) in [5, 5.41) is 38.8. The number of carboxylic acid groups (broad SMARTS) is 1. The van der Waals surface area contributed by atoms with E-state index in [-0.39, 0.29) is 69.7 Å². The third-order valence-electron chi connectivity index (χ3n) is 13.1. The number of carbonyl (C=O) groups excluding carboxylic acids is 9. The number of imidazole rings is 1. The quantitative estimate of drug-likeness (QED) is 0.00956. The van der Waals surface area contributed by atoms with Crippen LogP contribution in [0.5, 0.6) is 0 Å². The highest BCUT2D eigenvalue weighted by atomic mass is 32.1. The highest BCUT2D eigenvalue weighted by Crippen LogP contribution is 2.22. The first kappa shape index (κ1) is 63.6. The Morgan fingerprint density at radius 1 is 0.691 bits per heavy atom. The summed E-state index contributed by atoms with van der Waals surface area (Å²) >= 11 is 8.34. The summed E-state index contributed by atoms with van der Waals surface area (Å²) in [5.74, 6) is -9.76. The first-order chi connectivity index (χ1) is 38.7. The van der Waals surface area contributed by atoms with E-state index in [2.05, 4.69) is 82.4 Å². The number of aromatic amines is 2. The summed E-state index contributed by atoms with van der Waals surface area (Å²) in [6, 6.07) is 2.93. The lowest BCUT2D eigenvalue weighted by atomic mass is 10.0. The largest absolute Gasteiger partial charge is 0.480 e. The van der Waals surface area contributed by atoms with Gasteiger partial charge < -0.3 is 85.2 Å². The Morgan fingerprint density at radius 3 is 1.93 bits per heavy atom. The average Bonchev–Trinajstić information content (AvgIpc) is 4.47. The number of aliphatic hydroxyl groups excluding tert-OH is 1. The summed E-state index contributed by atoms with van der Waals surface area (Å²) in [5.41, 5.74) is 24.4. The number of thiol groups is 2. The zero-order chi connectivity index (χ0) is 59.2. The maximum absolute atomic E-state index is 14.3. The van der Waals surface area contributed by atoms with Crippen LogP contribution in [0.25, 0.3) is 10.9 Å². The van der Waals surface area contributed by atoms with Crippen LogP contribution in [0.3, 0.4) is 0 Å². The molecule has 0 aliphatic carbocycles. The van der Waals surface area contributed by atoms with Crippen molar-refractivity contribution in [3.8, 4) is 0 Å². The molecule has 28 nitrogen and oxygen atoms in total. The molecular weight excluding hydrogens is 1090 g/mol. The van der Waals surface area contributed by atoms with Crippen LogP contribution < -0.4 is 60.2 Å². The smallest absolute Gasteiger partial charge is 0.326 e. The van der Waals surface area contributed by atoms with Gasteiger partial charge in [0.2, 0.25) is 53.2 Å². The molecule has 0 radical (unpaired) electrons. The van der Waals surface area contributed by atoms with Crippen molar-refractivity contribution < 1.29 is 58.2 Å². The molecule has 1 aliphatic rings. The topological polar surface area (TPSA) is 460 Å². The van der Waals surface area contributed by atoms with Crippen LogP contribution in [0.1, 0.15) is 55.3 Å². The number of para-hydroxylation sites is 1. The van der Waals surface area contributed by atoms with Gasteiger partial charge in [0.05, 0.1) is 19.0 Å². The number of aliphatic hydroxyl groups is 1. The molecular formula is C51H70N16O12S2. The van der Waals surface area contributed by atoms with Crippen molar-refractivity contribution in [1.82, 2.24) is 57.1 Å². The first-order valence-corrected chi connectivity index (χ1v) is 27.1. The predicted octanol–water partition coefficient (Wildman–Crippen LogP) is -4.11. The zero-order valence-electron chi connectivity index (χ0n) is 44.0. The molecule has 0 spiro atoms. The Labute approximate surface area is 476 Å². The van der Waals surface area contributed by atoms with Gasteiger partial charge in [-0.25, -0.2) is 9.78 Å². The lowest BCUT2D eigenvalue weighted by Crippen LogP contribution is -2.61. The van der Waals surface area contributed by atoms with Gasteiger partial charge in [-0.3, -0.25) is 48.1 Å². The number of hydrogen-bond donors (Lipinski definition) is 17. The molecule has 0 saturated carbocycles. The van der Waals surface area contributed by atoms with Crippen molar-refractivity contribution >= 4 is 101 Å². The van der Waals surface area contributed by atoms with Gasteiger partial charge in [0.25, 0.3) is 0 Å². The third-order valence-corrected chi connectivity index (χ3v) is 13.9. The molecule has 9 amide bonds. The van der Waals surface area contributed by atoms with Crippen LogP contribution in [0, 0.1) is 0 Å². The number of nitrogens with zero attached hydrogens (tertiary/aromatic N) is 3. The zero-order valence-corrected chi connectivity index (χ0v) is 45.8. The number of carbonyl (C=O) groups is 10. The number of aliphatic imine (C=N–C) groups is 1. The van der Waals surface area contributed by atoms with Gasteiger partial charge in [-0.1, -0.05) is 48.5 Å². The van der Waals surface area contributed by atoms with Crippen LogP contribution >= 0.6 is 25.3 Å². The molecule has 1 aliphatic heterocycles. The normalized spacial score (nSPS) is 16.0. The first-order valence-electron chi connectivity index (χ1n) is 25.9. The summed E-state index contributed by atoms with van der Waals surface area (Å²) in [6.07, 6.45) is 3.95. The van der Waals surface area contributed by atoms with E-state index < -0.39 is 132 Å². The number of likely N-dealkylation sites (tertiary alicyclic amines) is 1. The van der Waals surface area contributed by atoms with E-state index in [1.807, 2.05) is 0 Å². The lowest BCUT2D eigenvalue weighted by molar-refractivity contribution is -0.142. The minimum atomic E-state index is -1.75. The third kappa shape index (κ3) is 19.2. The molecule has 5 rings (SSSR count). The minimum absolute atomic E-state index is 0.0170. The molecule has 1 saturated heterocycles. The second-order valence-electron chi connectivity index (χ2n) is 19.1. The van der Waals surface area contributed by atoms with Crippen LogP contribution in [-0.4, -0.2) is 181 Å². The lowest BCUT2D eigenvalue weighted by Gasteiger charge is -2.30. The molecule has 9 atom stereocenters. The summed E-state index contributed by atoms with van der Waals surface area (Å²) in [4.78, 5) is 151. The van der Waals surface area contributed by atoms with E-state index in [4.69, 9.17) is 22.9 Å². The van der Waals surface area contributed by atoms with Crippen LogP contribution in [0.15, 0.2) is 78.3 Å². The minimum Gasteiger partial charge on any atom is -0.480 e. The molecule has 1 fully saturated rings. The van der Waals surface area contributed by atoms with Crippen LogP contribution in [0.2, 0.25) is 0 Å². The van der Waals surface area contributed by atoms with E-state index in [1.54, 1.807) is 60.8 Å². The van der Waals surface area contributed by atoms with E-state index in [1.165, 1.54) is 17.4 Å². The van der Waals surface area contributed by atoms with Crippen molar-refractivity contribution in [3.63, 3.8) is 0 Å². The predicted molar refractivity (Wildman–Crippen MR) is 301 cm³/mol. The molecule has 2 aromatic carbocycles. The molecule has 3 heterocycles. The maximum Gasteiger partial charge on any atom is 0.326 e. The SMILES string of the molecule is NC(=O)CC[C@H](NC(=O)[C@@H]1CCCN1C(=O)[C@H](Cc1cnc[nH]1)NC(=O)[C@@H](N)CS)C(=O)N[C@@H](Cc1ccccc1)C(=O)N[C@@H](CS)C(=O)N[C@@H](CO)C(=O)N[C@@H](Cc1c[nH]c2ccccc12)C(=O)N[C@@H](CCCN=C(N)N)C(=O)O. The van der Waals surface area contributed by atoms with Gasteiger partial charge in [-0.2, -0.15) is 25.3 Å². The Balaban J connectivity index is 1.31. The average molecular weight is 1160 g/mol. The molecule has 19 N–H and O–H groups in total. The second kappa shape index (κ2) is 31.5. The van der Waals surface area contributed by atoms with Crippen molar-refractivity contribution in [3.05, 3.63) is 90.1 Å². The number of carboxylic acids is 1. The Bertz CT molecular complexity index is 2850. The molecule has 2 aromatic heterocycles. The number of benzene rings is 2. The van der Waals surface area contributed by atoms with Crippen molar-refractivity contribution in [2.75, 3.05) is 31.2 Å². The number of amides is 9. The van der Waals surface area contributed by atoms with Gasteiger partial charge >= 0.3 is 5.97 Å². The molecule has 0 unspecified atom stereocenters. The number of nitrogens with one attached hydrogen (secondary N) is 9. The molecule has 4 aromatic rings. The van der Waals surface area contributed by atoms with E-state index >= 15 is 0 Å². The number of rotatable bonds is 32. The van der Waals surface area contributed by atoms with Crippen molar-refractivity contribution in [2.24, 2.45) is 27.9 Å². The number of nitrogens with two attached hydrogens (primary N) is 4. The van der Waals surface area contributed by atoms with Gasteiger partial charge in [-0.15, -0.1) is 0 Å². The van der Waals surface area contributed by atoms with Gasteiger partial charge in [0.1, 0.15) is 48.3 Å². The van der Waals surface area contributed by atoms with Crippen LogP contribution in [-0.2, 0) is 67.2 Å². The highest BCUT2D eigenvalue weighted by Gasteiger charge is 2.40. The standard InChI is InChI=1S/C51H70N16O12S2/c52-31(24-80)42(70)64-37(20-29-22-56-26-59-29)49(77)67-17-7-13-40(67)48(76)60-33(14-15-41(53)69)43(71)62-35(18-27-8-2-1-3-9-27)44(72)66-39(25-81)47(75)65-38(23-68)46(74)63-36(19-28-21-58-32-11-5-4-10-30(28)32)45(73)61-34(50(78)79)12-6-16-57-51(54)55/h1-5,8-11,21-22,26,31,33-40,58,68,80-81H,6-7,12-20,23-25,52H2,(H2,53,69)(H,56,59)(H,60,76)(H,61,73)(H,62,71)(H,63,74)(H,64,70)(H,65,75)(H,66,72)(H,78,79)(H4,54,55,57)/t31-,33-,34-,35-,36-,37-,38-,39-,40-/m0/s1. The maximum atomic E-state index is 14.3. The number of guanidine groups is 1. The number of aromatic nitrogens is 3. The van der Waals surface area contributed by atoms with Gasteiger partial charge in [0, 0.05) is 79.3 Å². The summed E-state index contributed by atoms with van der Waals surface area (Å²) < 4.78 is 0. The number of primary amides is 1. The molecule has 30 heteroatoms. The molecule has 438 valence electrons. The fourth-order valence-electron chi connectivity index (χ4n) is 8.80. The van der Waals surface area contributed by atoms with Crippen LogP contribution in [0.4, 0.5) is 0 Å². The highest BCUT2D eigenvalue weighted by molar-refractivity contribution is 7.80. The number of hydrogen-bond acceptors (Lipinski definition) is 16. The van der Waals surface area contributed by atoms with Gasteiger partial charge in [-0.05, 0) is 49.3 Å². The fraction of sp³-hybridized carbons (Fsp3) is 0.451. The fourth-order valence-corrected chi connectivity index (χ4v) is 9.23. The Kier molecular flexibility index (Phi) is 24.8. The Morgan fingerprint density at radius 2 is 1.30 bits per heavy atom. The van der Waals surface area contributed by atoms with E-state index in [0.717, 1.165) is 0 Å². The molecule has 0 bridgehead atoms. The molecule has 81 heavy (non-hydrogen) atoms. The van der Waals surface area contributed by atoms with E-state index in [0.29, 0.717) is 34.1 Å². The number of aliphatic carboxylic acids is 1. The number of fused-ring (bicyclic) bond motifs is 1. The summed E-state index contributed by atoms with van der Waals surface area (Å²) in [6.45, 7) is -0.834.